The van der Waals surface area contributed by atoms with Crippen LogP contribution in [-0.4, -0.2) is 11.1 Å². The molecule has 2 heteroatoms. The van der Waals surface area contributed by atoms with E-state index in [4.69, 9.17) is 5.73 Å². The fraction of sp³-hybridized carbons (Fsp3) is 0.529. The van der Waals surface area contributed by atoms with Crippen molar-refractivity contribution in [1.82, 2.24) is 4.57 Å². The van der Waals surface area contributed by atoms with Gasteiger partial charge in [-0.3, -0.25) is 0 Å². The van der Waals surface area contributed by atoms with Gasteiger partial charge in [0.1, 0.15) is 0 Å². The van der Waals surface area contributed by atoms with Gasteiger partial charge in [-0.15, -0.1) is 0 Å². The number of aromatic nitrogens is 1. The maximum Gasteiger partial charge on any atom is 0.0480 e. The van der Waals surface area contributed by atoms with E-state index in [1.165, 1.54) is 48.6 Å². The van der Waals surface area contributed by atoms with Crippen LogP contribution in [0.1, 0.15) is 44.6 Å². The molecule has 2 rings (SSSR count). The Morgan fingerprint density at radius 2 is 1.89 bits per heavy atom. The van der Waals surface area contributed by atoms with Gasteiger partial charge in [-0.25, -0.2) is 0 Å². The third-order valence-electron chi connectivity index (χ3n) is 3.77. The van der Waals surface area contributed by atoms with Crippen molar-refractivity contribution in [2.24, 2.45) is 5.73 Å². The minimum Gasteiger partial charge on any atom is -0.347 e. The summed E-state index contributed by atoms with van der Waals surface area (Å²) in [5.74, 6) is 0. The molecule has 1 aromatic heterocycles. The molecule has 104 valence electrons. The largest absolute Gasteiger partial charge is 0.347 e. The van der Waals surface area contributed by atoms with E-state index in [1.807, 2.05) is 0 Å². The van der Waals surface area contributed by atoms with Crippen molar-refractivity contribution >= 4 is 10.9 Å². The second kappa shape index (κ2) is 7.34. The van der Waals surface area contributed by atoms with Gasteiger partial charge in [0.05, 0.1) is 0 Å². The Hall–Kier alpha value is -1.28. The normalized spacial score (nSPS) is 11.3. The molecule has 2 N–H and O–H groups in total. The van der Waals surface area contributed by atoms with Gasteiger partial charge in [-0.05, 0) is 48.5 Å². The second-order valence-corrected chi connectivity index (χ2v) is 5.36. The fourth-order valence-corrected chi connectivity index (χ4v) is 2.65. The number of rotatable bonds is 8. The van der Waals surface area contributed by atoms with E-state index in [-0.39, 0.29) is 0 Å². The molecule has 19 heavy (non-hydrogen) atoms. The lowest BCUT2D eigenvalue weighted by Crippen LogP contribution is -2.02. The molecule has 0 aliphatic rings. The number of benzene rings is 1. The summed E-state index contributed by atoms with van der Waals surface area (Å²) in [5, 5.41) is 1.35. The molecule has 0 aliphatic heterocycles. The molecule has 0 saturated carbocycles. The predicted octanol–water partition coefficient (Wildman–Crippen LogP) is 4.11. The molecular weight excluding hydrogens is 232 g/mol. The monoisotopic (exact) mass is 258 g/mol. The first-order valence-electron chi connectivity index (χ1n) is 7.63. The Morgan fingerprint density at radius 3 is 2.68 bits per heavy atom. The zero-order valence-corrected chi connectivity index (χ0v) is 12.1. The number of nitrogens with two attached hydrogens (primary N) is 1. The molecule has 0 spiro atoms. The average molecular weight is 258 g/mol. The molecule has 0 atom stereocenters. The summed E-state index contributed by atoms with van der Waals surface area (Å²) in [5.41, 5.74) is 8.31. The van der Waals surface area contributed by atoms with Gasteiger partial charge in [0, 0.05) is 18.3 Å². The molecule has 0 unspecified atom stereocenters. The van der Waals surface area contributed by atoms with E-state index in [9.17, 15) is 0 Å². The van der Waals surface area contributed by atoms with Crippen LogP contribution in [0.4, 0.5) is 0 Å². The molecule has 0 fully saturated rings. The first-order chi connectivity index (χ1) is 9.35. The van der Waals surface area contributed by atoms with Crippen molar-refractivity contribution in [2.75, 3.05) is 6.54 Å². The molecule has 0 amide bonds. The molecule has 2 aromatic rings. The molecule has 1 heterocycles. The number of fused-ring (bicyclic) bond motifs is 1. The van der Waals surface area contributed by atoms with Crippen LogP contribution in [0.3, 0.4) is 0 Å². The Bertz CT molecular complexity index is 499. The van der Waals surface area contributed by atoms with Crippen LogP contribution in [0, 0.1) is 0 Å². The maximum atomic E-state index is 5.61. The summed E-state index contributed by atoms with van der Waals surface area (Å²) in [6.07, 6.45) is 9.88. The molecule has 0 radical (unpaired) electrons. The van der Waals surface area contributed by atoms with Crippen LogP contribution in [0.2, 0.25) is 0 Å². The van der Waals surface area contributed by atoms with Crippen molar-refractivity contribution in [3.63, 3.8) is 0 Å². The SMILES string of the molecule is CCCCCCCn1ccc2cc(CCN)ccc21. The Labute approximate surface area is 116 Å². The van der Waals surface area contributed by atoms with E-state index in [2.05, 4.69) is 42.0 Å². The minimum atomic E-state index is 0.726. The van der Waals surface area contributed by atoms with Crippen molar-refractivity contribution < 1.29 is 0 Å². The van der Waals surface area contributed by atoms with Crippen molar-refractivity contribution in [2.45, 2.75) is 52.0 Å². The van der Waals surface area contributed by atoms with Crippen LogP contribution in [0.15, 0.2) is 30.5 Å². The Kier molecular flexibility index (Phi) is 5.46. The van der Waals surface area contributed by atoms with Crippen molar-refractivity contribution in [3.05, 3.63) is 36.0 Å². The summed E-state index contributed by atoms with van der Waals surface area (Å²) >= 11 is 0. The summed E-state index contributed by atoms with van der Waals surface area (Å²) in [7, 11) is 0. The number of nitrogens with zero attached hydrogens (tertiary/aromatic N) is 1. The van der Waals surface area contributed by atoms with Gasteiger partial charge >= 0.3 is 0 Å². The highest BCUT2D eigenvalue weighted by atomic mass is 14.9. The van der Waals surface area contributed by atoms with Gasteiger partial charge in [0.25, 0.3) is 0 Å². The molecule has 0 bridgehead atoms. The third-order valence-corrected chi connectivity index (χ3v) is 3.77. The molecule has 0 saturated heterocycles. The zero-order valence-electron chi connectivity index (χ0n) is 12.1. The van der Waals surface area contributed by atoms with Gasteiger partial charge < -0.3 is 10.3 Å². The highest BCUT2D eigenvalue weighted by molar-refractivity contribution is 5.80. The second-order valence-electron chi connectivity index (χ2n) is 5.36. The van der Waals surface area contributed by atoms with E-state index in [0.29, 0.717) is 0 Å². The van der Waals surface area contributed by atoms with Crippen LogP contribution in [-0.2, 0) is 13.0 Å². The standard InChI is InChI=1S/C17H26N2/c1-2-3-4-5-6-12-19-13-10-16-14-15(9-11-18)7-8-17(16)19/h7-8,10,13-14H,2-6,9,11-12,18H2,1H3. The lowest BCUT2D eigenvalue weighted by Gasteiger charge is -2.06. The van der Waals surface area contributed by atoms with Gasteiger partial charge in [0.2, 0.25) is 0 Å². The average Bonchev–Trinajstić information content (AvgIpc) is 2.82. The first-order valence-corrected chi connectivity index (χ1v) is 7.63. The predicted molar refractivity (Wildman–Crippen MR) is 83.5 cm³/mol. The van der Waals surface area contributed by atoms with E-state index in [1.54, 1.807) is 0 Å². The topological polar surface area (TPSA) is 30.9 Å². The lowest BCUT2D eigenvalue weighted by atomic mass is 10.1. The van der Waals surface area contributed by atoms with Crippen LogP contribution in [0.5, 0.6) is 0 Å². The van der Waals surface area contributed by atoms with Crippen molar-refractivity contribution in [3.8, 4) is 0 Å². The zero-order chi connectivity index (χ0) is 13.5. The molecular formula is C17H26N2. The molecule has 0 aliphatic carbocycles. The van der Waals surface area contributed by atoms with E-state index < -0.39 is 0 Å². The fourth-order valence-electron chi connectivity index (χ4n) is 2.65. The summed E-state index contributed by atoms with van der Waals surface area (Å²) in [6, 6.07) is 8.95. The van der Waals surface area contributed by atoms with Gasteiger partial charge in [-0.1, -0.05) is 38.7 Å². The van der Waals surface area contributed by atoms with Gasteiger partial charge in [-0.2, -0.15) is 0 Å². The number of aryl methyl sites for hydroxylation is 1. The van der Waals surface area contributed by atoms with Crippen LogP contribution >= 0.6 is 0 Å². The van der Waals surface area contributed by atoms with Gasteiger partial charge in [0.15, 0.2) is 0 Å². The lowest BCUT2D eigenvalue weighted by molar-refractivity contribution is 0.577. The third kappa shape index (κ3) is 3.84. The highest BCUT2D eigenvalue weighted by Crippen LogP contribution is 2.19. The number of hydrogen-bond donors (Lipinski definition) is 1. The highest BCUT2D eigenvalue weighted by Gasteiger charge is 2.02. The minimum absolute atomic E-state index is 0.726. The number of unbranched alkanes of at least 4 members (excludes halogenated alkanes) is 4. The van der Waals surface area contributed by atoms with Crippen molar-refractivity contribution in [1.29, 1.82) is 0 Å². The Balaban J connectivity index is 1.96. The summed E-state index contributed by atoms with van der Waals surface area (Å²) in [4.78, 5) is 0. The summed E-state index contributed by atoms with van der Waals surface area (Å²) < 4.78 is 2.38. The van der Waals surface area contributed by atoms with E-state index in [0.717, 1.165) is 19.5 Å². The van der Waals surface area contributed by atoms with Crippen LogP contribution in [0.25, 0.3) is 10.9 Å². The number of hydrogen-bond acceptors (Lipinski definition) is 1. The Morgan fingerprint density at radius 1 is 1.05 bits per heavy atom. The molecule has 2 nitrogen and oxygen atoms in total. The first kappa shape index (κ1) is 14.1. The quantitative estimate of drug-likeness (QED) is 0.710. The van der Waals surface area contributed by atoms with Crippen LogP contribution < -0.4 is 5.73 Å². The maximum absolute atomic E-state index is 5.61. The smallest absolute Gasteiger partial charge is 0.0480 e. The molecule has 1 aromatic carbocycles. The summed E-state index contributed by atoms with van der Waals surface area (Å²) in [6.45, 7) is 4.13. The van der Waals surface area contributed by atoms with E-state index >= 15 is 0 Å².